The van der Waals surface area contributed by atoms with E-state index in [4.69, 9.17) is 9.47 Å². The average molecular weight is 350 g/mol. The summed E-state index contributed by atoms with van der Waals surface area (Å²) in [7, 11) is 3.46. The fourth-order valence-electron chi connectivity index (χ4n) is 4.30. The van der Waals surface area contributed by atoms with Gasteiger partial charge in [-0.15, -0.1) is 0 Å². The molecule has 2 heterocycles. The molecule has 1 unspecified atom stereocenters. The molecular formula is C22H26N2O2. The number of methoxy groups -OCH3 is 2. The highest BCUT2D eigenvalue weighted by Gasteiger charge is 2.28. The number of benzene rings is 2. The Labute approximate surface area is 154 Å². The molecule has 26 heavy (non-hydrogen) atoms. The second kappa shape index (κ2) is 6.36. The summed E-state index contributed by atoms with van der Waals surface area (Å²) in [6, 6.07) is 8.59. The molecule has 2 N–H and O–H groups in total. The lowest BCUT2D eigenvalue weighted by molar-refractivity contribution is 0.410. The van der Waals surface area contributed by atoms with Gasteiger partial charge in [0.1, 0.15) is 11.5 Å². The molecule has 1 aliphatic heterocycles. The van der Waals surface area contributed by atoms with Crippen LogP contribution in [-0.2, 0) is 6.42 Å². The molecule has 0 spiro atoms. The molecule has 3 aromatic rings. The maximum atomic E-state index is 5.55. The number of fused-ring (bicyclic) bond motifs is 3. The first-order valence-corrected chi connectivity index (χ1v) is 9.11. The van der Waals surface area contributed by atoms with E-state index in [1.165, 1.54) is 44.4 Å². The summed E-state index contributed by atoms with van der Waals surface area (Å²) >= 11 is 0. The average Bonchev–Trinajstić information content (AvgIpc) is 3.03. The molecule has 1 aliphatic rings. The Bertz CT molecular complexity index is 988. The number of H-pyrrole nitrogens is 1. The first-order valence-electron chi connectivity index (χ1n) is 9.11. The summed E-state index contributed by atoms with van der Waals surface area (Å²) in [6.45, 7) is 7.47. The third-order valence-electron chi connectivity index (χ3n) is 5.78. The molecule has 0 aliphatic carbocycles. The van der Waals surface area contributed by atoms with Crippen LogP contribution >= 0.6 is 0 Å². The largest absolute Gasteiger partial charge is 0.497 e. The van der Waals surface area contributed by atoms with Gasteiger partial charge in [-0.3, -0.25) is 0 Å². The van der Waals surface area contributed by atoms with Crippen LogP contribution in [0.25, 0.3) is 10.9 Å². The summed E-state index contributed by atoms with van der Waals surface area (Å²) in [5.74, 6) is 1.86. The zero-order valence-electron chi connectivity index (χ0n) is 16.1. The predicted molar refractivity (Wildman–Crippen MR) is 106 cm³/mol. The monoisotopic (exact) mass is 350 g/mol. The van der Waals surface area contributed by atoms with Gasteiger partial charge in [-0.25, -0.2) is 0 Å². The van der Waals surface area contributed by atoms with Gasteiger partial charge in [-0.05, 0) is 79.3 Å². The Balaban J connectivity index is 1.91. The van der Waals surface area contributed by atoms with Crippen LogP contribution in [0.1, 0.15) is 39.6 Å². The van der Waals surface area contributed by atoms with E-state index in [9.17, 15) is 0 Å². The smallest absolute Gasteiger partial charge is 0.122 e. The molecule has 4 heteroatoms. The number of ether oxygens (including phenoxy) is 2. The van der Waals surface area contributed by atoms with Gasteiger partial charge < -0.3 is 19.8 Å². The van der Waals surface area contributed by atoms with Crippen LogP contribution in [0.4, 0.5) is 0 Å². The van der Waals surface area contributed by atoms with Crippen LogP contribution < -0.4 is 14.8 Å². The van der Waals surface area contributed by atoms with Gasteiger partial charge in [-0.1, -0.05) is 0 Å². The van der Waals surface area contributed by atoms with Crippen LogP contribution in [0.3, 0.4) is 0 Å². The van der Waals surface area contributed by atoms with Crippen molar-refractivity contribution in [2.24, 2.45) is 0 Å². The fourth-order valence-corrected chi connectivity index (χ4v) is 4.30. The van der Waals surface area contributed by atoms with Crippen molar-refractivity contribution in [2.45, 2.75) is 33.2 Å². The Morgan fingerprint density at radius 1 is 1.00 bits per heavy atom. The lowest BCUT2D eigenvalue weighted by atomic mass is 9.87. The van der Waals surface area contributed by atoms with E-state index in [0.717, 1.165) is 24.5 Å². The summed E-state index contributed by atoms with van der Waals surface area (Å²) in [6.07, 6.45) is 1.02. The lowest BCUT2D eigenvalue weighted by Crippen LogP contribution is -2.31. The highest BCUT2D eigenvalue weighted by atomic mass is 16.5. The number of hydrogen-bond acceptors (Lipinski definition) is 3. The Hall–Kier alpha value is -2.46. The van der Waals surface area contributed by atoms with Crippen LogP contribution in [0, 0.1) is 20.8 Å². The minimum atomic E-state index is 0.168. The molecule has 1 aromatic heterocycles. The normalized spacial score (nSPS) is 16.6. The topological polar surface area (TPSA) is 46.3 Å². The summed E-state index contributed by atoms with van der Waals surface area (Å²) in [5.41, 5.74) is 8.95. The number of aryl methyl sites for hydroxylation is 1. The van der Waals surface area contributed by atoms with E-state index in [1.807, 2.05) is 6.07 Å². The molecule has 0 saturated carbocycles. The molecule has 0 radical (unpaired) electrons. The van der Waals surface area contributed by atoms with Crippen molar-refractivity contribution in [2.75, 3.05) is 20.8 Å². The SMILES string of the molecule is COc1ccc2[nH]c3c(c2c1)CCNC3c1c(C)cc(OC)c(C)c1C. The predicted octanol–water partition coefficient (Wildman–Crippen LogP) is 4.35. The van der Waals surface area contributed by atoms with Crippen molar-refractivity contribution in [1.82, 2.24) is 10.3 Å². The van der Waals surface area contributed by atoms with Crippen LogP contribution in [0.5, 0.6) is 11.5 Å². The van der Waals surface area contributed by atoms with Gasteiger partial charge in [0, 0.05) is 23.1 Å². The number of nitrogens with one attached hydrogen (secondary N) is 2. The summed E-state index contributed by atoms with van der Waals surface area (Å²) in [5, 5.41) is 4.99. The van der Waals surface area contributed by atoms with E-state index in [1.54, 1.807) is 14.2 Å². The molecule has 0 amide bonds. The maximum absolute atomic E-state index is 5.55. The molecule has 4 nitrogen and oxygen atoms in total. The van der Waals surface area contributed by atoms with E-state index in [0.29, 0.717) is 0 Å². The van der Waals surface area contributed by atoms with Gasteiger partial charge >= 0.3 is 0 Å². The Kier molecular flexibility index (Phi) is 4.16. The quantitative estimate of drug-likeness (QED) is 0.738. The molecule has 0 bridgehead atoms. The number of rotatable bonds is 3. The van der Waals surface area contributed by atoms with Crippen LogP contribution in [0.15, 0.2) is 24.3 Å². The van der Waals surface area contributed by atoms with E-state index < -0.39 is 0 Å². The molecular weight excluding hydrogens is 324 g/mol. The molecule has 0 saturated heterocycles. The minimum Gasteiger partial charge on any atom is -0.497 e. The van der Waals surface area contributed by atoms with Crippen molar-refractivity contribution >= 4 is 10.9 Å². The second-order valence-electron chi connectivity index (χ2n) is 7.13. The van der Waals surface area contributed by atoms with Crippen molar-refractivity contribution in [1.29, 1.82) is 0 Å². The van der Waals surface area contributed by atoms with Crippen molar-refractivity contribution in [3.05, 3.63) is 57.8 Å². The molecule has 2 aromatic carbocycles. The Morgan fingerprint density at radius 2 is 1.81 bits per heavy atom. The summed E-state index contributed by atoms with van der Waals surface area (Å²) < 4.78 is 11.0. The fraction of sp³-hybridized carbons (Fsp3) is 0.364. The van der Waals surface area contributed by atoms with Gasteiger partial charge in [0.15, 0.2) is 0 Å². The molecule has 1 atom stereocenters. The van der Waals surface area contributed by atoms with E-state index in [-0.39, 0.29) is 6.04 Å². The number of aromatic amines is 1. The van der Waals surface area contributed by atoms with Gasteiger partial charge in [0.05, 0.1) is 20.3 Å². The highest BCUT2D eigenvalue weighted by Crippen LogP contribution is 2.39. The molecule has 136 valence electrons. The molecule has 4 rings (SSSR count). The first kappa shape index (κ1) is 17.0. The lowest BCUT2D eigenvalue weighted by Gasteiger charge is -2.29. The van der Waals surface area contributed by atoms with Gasteiger partial charge in [0.25, 0.3) is 0 Å². The standard InChI is InChI=1S/C22H26N2O2/c1-12-10-19(26-5)13(2)14(3)20(12)22-21-16(8-9-23-22)17-11-15(25-4)6-7-18(17)24-21/h6-7,10-11,22-24H,8-9H2,1-5H3. The van der Waals surface area contributed by atoms with E-state index in [2.05, 4.69) is 49.3 Å². The zero-order valence-corrected chi connectivity index (χ0v) is 16.1. The third kappa shape index (κ3) is 2.48. The second-order valence-corrected chi connectivity index (χ2v) is 7.13. The van der Waals surface area contributed by atoms with Crippen molar-refractivity contribution < 1.29 is 9.47 Å². The van der Waals surface area contributed by atoms with Crippen LogP contribution in [-0.4, -0.2) is 25.7 Å². The van der Waals surface area contributed by atoms with E-state index >= 15 is 0 Å². The number of aromatic nitrogens is 1. The zero-order chi connectivity index (χ0) is 18.4. The highest BCUT2D eigenvalue weighted by molar-refractivity contribution is 5.87. The van der Waals surface area contributed by atoms with Crippen molar-refractivity contribution in [3.63, 3.8) is 0 Å². The van der Waals surface area contributed by atoms with Crippen LogP contribution in [0.2, 0.25) is 0 Å². The third-order valence-corrected chi connectivity index (χ3v) is 5.78. The maximum Gasteiger partial charge on any atom is 0.122 e. The molecule has 0 fully saturated rings. The Morgan fingerprint density at radius 3 is 2.54 bits per heavy atom. The number of hydrogen-bond donors (Lipinski definition) is 2. The summed E-state index contributed by atoms with van der Waals surface area (Å²) in [4.78, 5) is 3.67. The minimum absolute atomic E-state index is 0.168. The van der Waals surface area contributed by atoms with Crippen molar-refractivity contribution in [3.8, 4) is 11.5 Å². The first-order chi connectivity index (χ1) is 12.5. The van der Waals surface area contributed by atoms with Gasteiger partial charge in [0.2, 0.25) is 0 Å². The van der Waals surface area contributed by atoms with Gasteiger partial charge in [-0.2, -0.15) is 0 Å².